The molecular weight excluding hydrogens is 248 g/mol. The highest BCUT2D eigenvalue weighted by atomic mass is 19.3. The van der Waals surface area contributed by atoms with Gasteiger partial charge in [-0.2, -0.15) is 8.78 Å². The molecule has 1 N–H and O–H groups in total. The van der Waals surface area contributed by atoms with Gasteiger partial charge in [0.2, 0.25) is 0 Å². The van der Waals surface area contributed by atoms with E-state index >= 15 is 0 Å². The van der Waals surface area contributed by atoms with Gasteiger partial charge in [0.25, 0.3) is 0 Å². The van der Waals surface area contributed by atoms with Gasteiger partial charge in [0.1, 0.15) is 0 Å². The fourth-order valence-corrected chi connectivity index (χ4v) is 1.36. The third-order valence-corrected chi connectivity index (χ3v) is 2.46. The van der Waals surface area contributed by atoms with Gasteiger partial charge in [-0.3, -0.25) is 0 Å². The maximum atomic E-state index is 12.6. The van der Waals surface area contributed by atoms with E-state index in [1.54, 1.807) is 12.1 Å². The molecule has 0 fully saturated rings. The molecule has 0 spiro atoms. The smallest absolute Gasteiger partial charge is 0.319 e. The van der Waals surface area contributed by atoms with Crippen molar-refractivity contribution in [3.63, 3.8) is 0 Å². The van der Waals surface area contributed by atoms with Crippen LogP contribution in [0.15, 0.2) is 24.3 Å². The molecule has 0 saturated heterocycles. The maximum Gasteiger partial charge on any atom is 0.319 e. The van der Waals surface area contributed by atoms with Gasteiger partial charge in [0, 0.05) is 26.3 Å². The standard InChI is InChI=1S/C12H16F4N2/c1-18(2)10-5-3-9(4-6-10)7-17-8-12(15,16)11(13)14/h3-6,11,17H,7-8H2,1-2H3. The van der Waals surface area contributed by atoms with Gasteiger partial charge in [-0.15, -0.1) is 0 Å². The zero-order chi connectivity index (χ0) is 13.8. The Bertz CT molecular complexity index is 363. The number of hydrogen-bond donors (Lipinski definition) is 1. The first kappa shape index (κ1) is 14.8. The van der Waals surface area contributed by atoms with E-state index in [-0.39, 0.29) is 6.54 Å². The van der Waals surface area contributed by atoms with Gasteiger partial charge in [0.15, 0.2) is 0 Å². The number of anilines is 1. The summed E-state index contributed by atoms with van der Waals surface area (Å²) in [6, 6.07) is 7.20. The Morgan fingerprint density at radius 2 is 1.72 bits per heavy atom. The summed E-state index contributed by atoms with van der Waals surface area (Å²) in [5.74, 6) is -3.98. The topological polar surface area (TPSA) is 15.3 Å². The Labute approximate surface area is 104 Å². The van der Waals surface area contributed by atoms with Crippen molar-refractivity contribution in [2.75, 3.05) is 25.5 Å². The number of nitrogens with zero attached hydrogens (tertiary/aromatic N) is 1. The molecule has 1 aromatic carbocycles. The van der Waals surface area contributed by atoms with E-state index in [2.05, 4.69) is 5.32 Å². The number of nitrogens with one attached hydrogen (secondary N) is 1. The third-order valence-electron chi connectivity index (χ3n) is 2.46. The van der Waals surface area contributed by atoms with Crippen LogP contribution in [-0.2, 0) is 6.54 Å². The number of rotatable bonds is 6. The Morgan fingerprint density at radius 3 is 2.17 bits per heavy atom. The fraction of sp³-hybridized carbons (Fsp3) is 0.500. The van der Waals surface area contributed by atoms with E-state index in [1.807, 2.05) is 31.1 Å². The second kappa shape index (κ2) is 6.04. The number of hydrogen-bond acceptors (Lipinski definition) is 2. The van der Waals surface area contributed by atoms with Crippen molar-refractivity contribution in [3.05, 3.63) is 29.8 Å². The SMILES string of the molecule is CN(C)c1ccc(CNCC(F)(F)C(F)F)cc1. The van der Waals surface area contributed by atoms with Crippen LogP contribution in [-0.4, -0.2) is 33.0 Å². The first-order chi connectivity index (χ1) is 8.33. The Hall–Kier alpha value is -1.30. The van der Waals surface area contributed by atoms with Crippen molar-refractivity contribution in [2.45, 2.75) is 18.9 Å². The van der Waals surface area contributed by atoms with Crippen LogP contribution in [0.5, 0.6) is 0 Å². The Morgan fingerprint density at radius 1 is 1.17 bits per heavy atom. The number of halogens is 4. The molecule has 0 heterocycles. The van der Waals surface area contributed by atoms with Crippen LogP contribution >= 0.6 is 0 Å². The van der Waals surface area contributed by atoms with Crippen LogP contribution in [0.2, 0.25) is 0 Å². The summed E-state index contributed by atoms with van der Waals surface area (Å²) in [6.07, 6.45) is -3.64. The van der Waals surface area contributed by atoms with E-state index in [9.17, 15) is 17.6 Å². The lowest BCUT2D eigenvalue weighted by molar-refractivity contribution is -0.125. The Kier molecular flexibility index (Phi) is 4.95. The summed E-state index contributed by atoms with van der Waals surface area (Å²) in [6.45, 7) is -0.893. The van der Waals surface area contributed by atoms with Crippen molar-refractivity contribution < 1.29 is 17.6 Å². The average Bonchev–Trinajstić information content (AvgIpc) is 2.29. The molecule has 0 atom stereocenters. The van der Waals surface area contributed by atoms with Crippen LogP contribution < -0.4 is 10.2 Å². The molecule has 6 heteroatoms. The zero-order valence-corrected chi connectivity index (χ0v) is 10.3. The molecule has 0 radical (unpaired) electrons. The number of benzene rings is 1. The predicted molar refractivity (Wildman–Crippen MR) is 63.4 cm³/mol. The van der Waals surface area contributed by atoms with Crippen LogP contribution in [0.3, 0.4) is 0 Å². The molecule has 0 bridgehead atoms. The van der Waals surface area contributed by atoms with Crippen LogP contribution in [0.25, 0.3) is 0 Å². The maximum absolute atomic E-state index is 12.6. The molecule has 1 rings (SSSR count). The molecule has 1 aromatic rings. The van der Waals surface area contributed by atoms with E-state index < -0.39 is 18.9 Å². The summed E-state index contributed by atoms with van der Waals surface area (Å²) in [4.78, 5) is 1.90. The van der Waals surface area contributed by atoms with E-state index in [1.165, 1.54) is 0 Å². The van der Waals surface area contributed by atoms with Gasteiger partial charge in [0.05, 0.1) is 6.54 Å². The molecule has 102 valence electrons. The molecule has 0 aromatic heterocycles. The predicted octanol–water partition coefficient (Wildman–Crippen LogP) is 2.74. The molecule has 0 unspecified atom stereocenters. The van der Waals surface area contributed by atoms with Crippen LogP contribution in [0.4, 0.5) is 23.2 Å². The summed E-state index contributed by atoms with van der Waals surface area (Å²) >= 11 is 0. The lowest BCUT2D eigenvalue weighted by Gasteiger charge is -2.16. The van der Waals surface area contributed by atoms with Gasteiger partial charge in [-0.25, -0.2) is 8.78 Å². The van der Waals surface area contributed by atoms with E-state index in [4.69, 9.17) is 0 Å². The molecule has 0 saturated carbocycles. The first-order valence-corrected chi connectivity index (χ1v) is 5.46. The summed E-state index contributed by atoms with van der Waals surface area (Å²) < 4.78 is 49.0. The van der Waals surface area contributed by atoms with Gasteiger partial charge in [-0.05, 0) is 17.7 Å². The largest absolute Gasteiger partial charge is 0.378 e. The van der Waals surface area contributed by atoms with Crippen molar-refractivity contribution >= 4 is 5.69 Å². The van der Waals surface area contributed by atoms with Gasteiger partial charge in [-0.1, -0.05) is 12.1 Å². The second-order valence-corrected chi connectivity index (χ2v) is 4.23. The highest BCUT2D eigenvalue weighted by Gasteiger charge is 2.39. The summed E-state index contributed by atoms with van der Waals surface area (Å²) in [5, 5.41) is 2.33. The van der Waals surface area contributed by atoms with Gasteiger partial charge >= 0.3 is 12.3 Å². The van der Waals surface area contributed by atoms with Crippen LogP contribution in [0.1, 0.15) is 5.56 Å². The zero-order valence-electron chi connectivity index (χ0n) is 10.3. The summed E-state index contributed by atoms with van der Waals surface area (Å²) in [7, 11) is 3.77. The molecular formula is C12H16F4N2. The minimum absolute atomic E-state index is 0.135. The van der Waals surface area contributed by atoms with Crippen molar-refractivity contribution in [1.82, 2.24) is 5.32 Å². The molecule has 18 heavy (non-hydrogen) atoms. The molecule has 0 aliphatic carbocycles. The molecule has 2 nitrogen and oxygen atoms in total. The summed E-state index contributed by atoms with van der Waals surface area (Å²) in [5.41, 5.74) is 1.75. The minimum Gasteiger partial charge on any atom is -0.378 e. The number of alkyl halides is 4. The highest BCUT2D eigenvalue weighted by molar-refractivity contribution is 5.45. The first-order valence-electron chi connectivity index (χ1n) is 5.46. The highest BCUT2D eigenvalue weighted by Crippen LogP contribution is 2.21. The fourth-order valence-electron chi connectivity index (χ4n) is 1.36. The lowest BCUT2D eigenvalue weighted by Crippen LogP contribution is -2.38. The monoisotopic (exact) mass is 264 g/mol. The quantitative estimate of drug-likeness (QED) is 0.795. The third kappa shape index (κ3) is 4.18. The van der Waals surface area contributed by atoms with Gasteiger partial charge < -0.3 is 10.2 Å². The average molecular weight is 264 g/mol. The minimum atomic E-state index is -3.98. The van der Waals surface area contributed by atoms with Crippen molar-refractivity contribution in [3.8, 4) is 0 Å². The van der Waals surface area contributed by atoms with Crippen molar-refractivity contribution in [2.24, 2.45) is 0 Å². The normalized spacial score (nSPS) is 11.9. The van der Waals surface area contributed by atoms with E-state index in [0.29, 0.717) is 0 Å². The molecule has 0 aliphatic heterocycles. The van der Waals surface area contributed by atoms with Crippen molar-refractivity contribution in [1.29, 1.82) is 0 Å². The molecule has 0 aliphatic rings. The Balaban J connectivity index is 2.45. The van der Waals surface area contributed by atoms with E-state index in [0.717, 1.165) is 11.3 Å². The molecule has 0 amide bonds. The lowest BCUT2D eigenvalue weighted by atomic mass is 10.2. The second-order valence-electron chi connectivity index (χ2n) is 4.23. The van der Waals surface area contributed by atoms with Crippen LogP contribution in [0, 0.1) is 0 Å².